The van der Waals surface area contributed by atoms with E-state index >= 15 is 0 Å². The van der Waals surface area contributed by atoms with E-state index in [4.69, 9.17) is 9.47 Å². The Bertz CT molecular complexity index is 292. The third-order valence-electron chi connectivity index (χ3n) is 2.86. The molecule has 2 heteroatoms. The van der Waals surface area contributed by atoms with Gasteiger partial charge in [0.1, 0.15) is 11.5 Å². The summed E-state index contributed by atoms with van der Waals surface area (Å²) in [5.74, 6) is 1.79. The highest BCUT2D eigenvalue weighted by Crippen LogP contribution is 2.19. The molecule has 0 amide bonds. The summed E-state index contributed by atoms with van der Waals surface area (Å²) in [6, 6.07) is 7.78. The Balaban J connectivity index is 2.26. The Kier molecular flexibility index (Phi) is 6.53. The predicted octanol–water partition coefficient (Wildman–Crippen LogP) is 4.43. The molecule has 2 nitrogen and oxygen atoms in total. The maximum absolute atomic E-state index is 5.84. The largest absolute Gasteiger partial charge is 0.497 e. The number of benzene rings is 1. The monoisotopic (exact) mass is 236 g/mol. The fourth-order valence-corrected chi connectivity index (χ4v) is 1.80. The van der Waals surface area contributed by atoms with Gasteiger partial charge in [-0.15, -0.1) is 0 Å². The van der Waals surface area contributed by atoms with Crippen LogP contribution in [0.1, 0.15) is 46.0 Å². The van der Waals surface area contributed by atoms with E-state index in [0.29, 0.717) is 6.10 Å². The molecule has 0 saturated heterocycles. The molecule has 0 saturated carbocycles. The van der Waals surface area contributed by atoms with Crippen molar-refractivity contribution in [2.24, 2.45) is 0 Å². The van der Waals surface area contributed by atoms with Crippen LogP contribution in [-0.2, 0) is 0 Å². The topological polar surface area (TPSA) is 18.5 Å². The fraction of sp³-hybridized carbons (Fsp3) is 0.600. The summed E-state index contributed by atoms with van der Waals surface area (Å²) in [5, 5.41) is 0. The molecular formula is C15H24O2. The van der Waals surface area contributed by atoms with E-state index in [1.807, 2.05) is 24.3 Å². The maximum atomic E-state index is 5.84. The molecule has 1 rings (SSSR count). The molecule has 0 aliphatic carbocycles. The van der Waals surface area contributed by atoms with Gasteiger partial charge in [-0.3, -0.25) is 0 Å². The van der Waals surface area contributed by atoms with Gasteiger partial charge in [0.2, 0.25) is 0 Å². The zero-order valence-electron chi connectivity index (χ0n) is 11.2. The number of methoxy groups -OCH3 is 1. The van der Waals surface area contributed by atoms with Gasteiger partial charge in [-0.25, -0.2) is 0 Å². The number of hydrogen-bond donors (Lipinski definition) is 0. The van der Waals surface area contributed by atoms with Crippen molar-refractivity contribution in [1.29, 1.82) is 0 Å². The van der Waals surface area contributed by atoms with Crippen molar-refractivity contribution in [3.8, 4) is 11.5 Å². The standard InChI is InChI=1S/C15H24O2/c1-4-5-6-7-8-13(2)17-15-11-9-14(16-3)10-12-15/h9-13H,4-8H2,1-3H3/t13-/m1/s1. The molecule has 1 aromatic rings. The van der Waals surface area contributed by atoms with Gasteiger partial charge in [-0.2, -0.15) is 0 Å². The molecule has 0 radical (unpaired) electrons. The molecule has 0 heterocycles. The van der Waals surface area contributed by atoms with E-state index in [2.05, 4.69) is 13.8 Å². The molecule has 96 valence electrons. The molecular weight excluding hydrogens is 212 g/mol. The van der Waals surface area contributed by atoms with E-state index in [-0.39, 0.29) is 0 Å². The van der Waals surface area contributed by atoms with Crippen LogP contribution in [0.25, 0.3) is 0 Å². The first kappa shape index (κ1) is 13.9. The highest BCUT2D eigenvalue weighted by atomic mass is 16.5. The van der Waals surface area contributed by atoms with Crippen LogP contribution in [0.15, 0.2) is 24.3 Å². The molecule has 0 fully saturated rings. The van der Waals surface area contributed by atoms with Crippen LogP contribution < -0.4 is 9.47 Å². The van der Waals surface area contributed by atoms with Crippen molar-refractivity contribution in [3.05, 3.63) is 24.3 Å². The van der Waals surface area contributed by atoms with Gasteiger partial charge >= 0.3 is 0 Å². The van der Waals surface area contributed by atoms with Crippen LogP contribution in [0, 0.1) is 0 Å². The minimum absolute atomic E-state index is 0.292. The summed E-state index contributed by atoms with van der Waals surface area (Å²) in [4.78, 5) is 0. The first-order chi connectivity index (χ1) is 8.26. The maximum Gasteiger partial charge on any atom is 0.119 e. The molecule has 0 unspecified atom stereocenters. The molecule has 0 aromatic heterocycles. The van der Waals surface area contributed by atoms with Crippen LogP contribution in [0.3, 0.4) is 0 Å². The third-order valence-corrected chi connectivity index (χ3v) is 2.86. The SMILES string of the molecule is CCCCCC[C@@H](C)Oc1ccc(OC)cc1. The molecule has 0 aliphatic heterocycles. The lowest BCUT2D eigenvalue weighted by Crippen LogP contribution is -2.11. The van der Waals surface area contributed by atoms with Crippen LogP contribution in [0.2, 0.25) is 0 Å². The van der Waals surface area contributed by atoms with Gasteiger partial charge in [-0.05, 0) is 44.0 Å². The number of ether oxygens (including phenoxy) is 2. The molecule has 0 N–H and O–H groups in total. The lowest BCUT2D eigenvalue weighted by molar-refractivity contribution is 0.206. The van der Waals surface area contributed by atoms with Gasteiger partial charge in [0, 0.05) is 0 Å². The van der Waals surface area contributed by atoms with Crippen molar-refractivity contribution in [2.75, 3.05) is 7.11 Å². The molecule has 17 heavy (non-hydrogen) atoms. The first-order valence-electron chi connectivity index (χ1n) is 6.57. The Hall–Kier alpha value is -1.18. The minimum Gasteiger partial charge on any atom is -0.497 e. The first-order valence-corrected chi connectivity index (χ1v) is 6.57. The normalized spacial score (nSPS) is 12.2. The summed E-state index contributed by atoms with van der Waals surface area (Å²) in [6.45, 7) is 4.37. The van der Waals surface area contributed by atoms with E-state index < -0.39 is 0 Å². The van der Waals surface area contributed by atoms with Crippen molar-refractivity contribution in [1.82, 2.24) is 0 Å². The average Bonchev–Trinajstić information content (AvgIpc) is 2.36. The molecule has 1 atom stereocenters. The van der Waals surface area contributed by atoms with Gasteiger partial charge in [0.05, 0.1) is 13.2 Å². The fourth-order valence-electron chi connectivity index (χ4n) is 1.80. The van der Waals surface area contributed by atoms with E-state index in [9.17, 15) is 0 Å². The zero-order chi connectivity index (χ0) is 12.5. The number of unbranched alkanes of at least 4 members (excludes halogenated alkanes) is 3. The quantitative estimate of drug-likeness (QED) is 0.621. The number of rotatable bonds is 8. The average molecular weight is 236 g/mol. The van der Waals surface area contributed by atoms with Crippen LogP contribution in [0.4, 0.5) is 0 Å². The van der Waals surface area contributed by atoms with Crippen LogP contribution >= 0.6 is 0 Å². The van der Waals surface area contributed by atoms with Crippen molar-refractivity contribution in [3.63, 3.8) is 0 Å². The molecule has 0 aliphatic rings. The summed E-state index contributed by atoms with van der Waals surface area (Å²) >= 11 is 0. The smallest absolute Gasteiger partial charge is 0.119 e. The Morgan fingerprint density at radius 2 is 1.65 bits per heavy atom. The zero-order valence-corrected chi connectivity index (χ0v) is 11.2. The van der Waals surface area contributed by atoms with Crippen molar-refractivity contribution >= 4 is 0 Å². The van der Waals surface area contributed by atoms with Crippen molar-refractivity contribution < 1.29 is 9.47 Å². The second-order valence-electron chi connectivity index (χ2n) is 4.45. The lowest BCUT2D eigenvalue weighted by Gasteiger charge is -2.14. The second kappa shape index (κ2) is 7.99. The van der Waals surface area contributed by atoms with Gasteiger partial charge in [0.15, 0.2) is 0 Å². The third kappa shape index (κ3) is 5.62. The Morgan fingerprint density at radius 1 is 1.00 bits per heavy atom. The van der Waals surface area contributed by atoms with Gasteiger partial charge in [0.25, 0.3) is 0 Å². The van der Waals surface area contributed by atoms with Crippen molar-refractivity contribution in [2.45, 2.75) is 52.1 Å². The minimum atomic E-state index is 0.292. The Labute approximate surface area is 105 Å². The van der Waals surface area contributed by atoms with E-state index in [1.165, 1.54) is 25.7 Å². The second-order valence-corrected chi connectivity index (χ2v) is 4.45. The van der Waals surface area contributed by atoms with E-state index in [1.54, 1.807) is 7.11 Å². The summed E-state index contributed by atoms with van der Waals surface area (Å²) in [7, 11) is 1.67. The molecule has 0 spiro atoms. The number of hydrogen-bond acceptors (Lipinski definition) is 2. The highest BCUT2D eigenvalue weighted by Gasteiger charge is 2.03. The van der Waals surface area contributed by atoms with Gasteiger partial charge in [-0.1, -0.05) is 26.2 Å². The van der Waals surface area contributed by atoms with Gasteiger partial charge < -0.3 is 9.47 Å². The Morgan fingerprint density at radius 3 is 2.24 bits per heavy atom. The van der Waals surface area contributed by atoms with E-state index in [0.717, 1.165) is 17.9 Å². The summed E-state index contributed by atoms with van der Waals surface area (Å²) in [5.41, 5.74) is 0. The predicted molar refractivity (Wildman–Crippen MR) is 71.8 cm³/mol. The molecule has 1 aromatic carbocycles. The van der Waals surface area contributed by atoms with Crippen LogP contribution in [0.5, 0.6) is 11.5 Å². The van der Waals surface area contributed by atoms with Crippen LogP contribution in [-0.4, -0.2) is 13.2 Å². The highest BCUT2D eigenvalue weighted by molar-refractivity contribution is 5.31. The summed E-state index contributed by atoms with van der Waals surface area (Å²) < 4.78 is 10.9. The summed E-state index contributed by atoms with van der Waals surface area (Å²) in [6.07, 6.45) is 6.60. The molecule has 0 bridgehead atoms. The lowest BCUT2D eigenvalue weighted by atomic mass is 10.1.